The van der Waals surface area contributed by atoms with Gasteiger partial charge >= 0.3 is 154 Å². The molecule has 0 aromatic heterocycles. The van der Waals surface area contributed by atoms with E-state index >= 15 is 0 Å². The Balaban J connectivity index is 0.000000507. The van der Waals surface area contributed by atoms with Gasteiger partial charge in [0.2, 0.25) is 0 Å². The number of hydrogen-bond donors (Lipinski definition) is 0. The third-order valence-corrected chi connectivity index (χ3v) is 37.3. The summed E-state index contributed by atoms with van der Waals surface area (Å²) in [6, 6.07) is 95.4. The van der Waals surface area contributed by atoms with E-state index in [0.29, 0.717) is 0 Å². The third-order valence-electron chi connectivity index (χ3n) is 13.4. The van der Waals surface area contributed by atoms with Crippen LogP contribution in [0.25, 0.3) is 13.9 Å². The first kappa shape index (κ1) is 78.1. The minimum Gasteiger partial charge on any atom is -0.660 e. The minimum absolute atomic E-state index is 0. The molecule has 9 aromatic carbocycles. The van der Waals surface area contributed by atoms with E-state index in [-0.39, 0.29) is 154 Å². The van der Waals surface area contributed by atoms with Crippen molar-refractivity contribution < 1.29 is 154 Å². The second-order valence-electron chi connectivity index (χ2n) is 22.8. The van der Waals surface area contributed by atoms with Gasteiger partial charge in [-0.3, -0.25) is 0 Å². The molecule has 408 valence electrons. The molecule has 3 nitrogen and oxygen atoms in total. The summed E-state index contributed by atoms with van der Waals surface area (Å²) < 4.78 is 16.1. The maximum Gasteiger partial charge on any atom is 1.00 e. The van der Waals surface area contributed by atoms with E-state index in [2.05, 4.69) is 318 Å². The Morgan fingerprint density at radius 3 is 0.358 bits per heavy atom. The number of aryl methyl sites for hydroxylation is 3. The summed E-state index contributed by atoms with van der Waals surface area (Å²) in [5.41, 5.74) is 3.97. The zero-order chi connectivity index (χ0) is 57.1. The van der Waals surface area contributed by atoms with E-state index in [1.165, 1.54) is 47.8 Å². The van der Waals surface area contributed by atoms with Crippen molar-refractivity contribution in [3.63, 3.8) is 0 Å². The molecule has 0 saturated heterocycles. The van der Waals surface area contributed by atoms with Crippen molar-refractivity contribution in [1.82, 2.24) is 0 Å². The first-order chi connectivity index (χ1) is 36.9. The predicted octanol–water partition coefficient (Wildman–Crippen LogP) is 7.75. The van der Waals surface area contributed by atoms with E-state index in [9.17, 15) is 0 Å². The summed E-state index contributed by atoms with van der Waals surface area (Å²) in [6.07, 6.45) is 0. The van der Waals surface area contributed by atoms with Crippen molar-refractivity contribution in [2.75, 3.05) is 0 Å². The Morgan fingerprint density at radius 2 is 0.272 bits per heavy atom. The number of hydrogen-bond acceptors (Lipinski definition) is 0. The van der Waals surface area contributed by atoms with Crippen LogP contribution in [0.5, 0.6) is 0 Å². The molecule has 0 N–H and O–H groups in total. The molecular formula is C69H90K3N3Si6. The van der Waals surface area contributed by atoms with Crippen molar-refractivity contribution in [3.8, 4) is 0 Å². The van der Waals surface area contributed by atoms with Gasteiger partial charge in [0, 0.05) is 0 Å². The van der Waals surface area contributed by atoms with E-state index in [1.54, 1.807) is 0 Å². The van der Waals surface area contributed by atoms with Gasteiger partial charge in [0.1, 0.15) is 0 Å². The summed E-state index contributed by atoms with van der Waals surface area (Å²) in [4.78, 5) is 0. The number of benzene rings is 9. The van der Waals surface area contributed by atoms with Crippen LogP contribution in [0.4, 0.5) is 0 Å². The molecule has 0 saturated carbocycles. The molecule has 81 heavy (non-hydrogen) atoms. The third kappa shape index (κ3) is 30.0. The van der Waals surface area contributed by atoms with Crippen LogP contribution in [-0.4, -0.2) is 49.4 Å². The molecule has 0 atom stereocenters. The van der Waals surface area contributed by atoms with E-state index in [1.807, 2.05) is 54.6 Å². The fourth-order valence-electron chi connectivity index (χ4n) is 9.16. The summed E-state index contributed by atoms with van der Waals surface area (Å²) in [5, 5.41) is 8.54. The monoisotopic (exact) mass is 1250 g/mol. The van der Waals surface area contributed by atoms with Crippen molar-refractivity contribution in [2.24, 2.45) is 0 Å². The Kier molecular flexibility index (Phi) is 38.3. The summed E-state index contributed by atoms with van der Waals surface area (Å²) in [6.45, 7) is 34.4. The van der Waals surface area contributed by atoms with Crippen molar-refractivity contribution in [3.05, 3.63) is 304 Å². The molecule has 0 bridgehead atoms. The molecule has 0 fully saturated rings. The van der Waals surface area contributed by atoms with Crippen LogP contribution in [-0.2, 0) is 0 Å². The molecule has 0 aliphatic rings. The van der Waals surface area contributed by atoms with Crippen LogP contribution < -0.4 is 185 Å². The quantitative estimate of drug-likeness (QED) is 0.113. The first-order valence-electron chi connectivity index (χ1n) is 27.5. The molecule has 0 radical (unpaired) electrons. The van der Waals surface area contributed by atoms with Crippen LogP contribution in [0.3, 0.4) is 0 Å². The Hall–Kier alpha value is -0.930. The molecule has 0 unspecified atom stereocenters. The molecule has 9 rings (SSSR count). The van der Waals surface area contributed by atoms with Gasteiger partial charge in [0.15, 0.2) is 0 Å². The maximum atomic E-state index is 5.36. The van der Waals surface area contributed by atoms with Crippen molar-refractivity contribution >= 4 is 80.5 Å². The number of nitrogens with zero attached hydrogens (tertiary/aromatic N) is 3. The van der Waals surface area contributed by atoms with Gasteiger partial charge in [0.25, 0.3) is 0 Å². The Morgan fingerprint density at radius 1 is 0.173 bits per heavy atom. The van der Waals surface area contributed by atoms with Gasteiger partial charge in [-0.1, -0.05) is 399 Å². The molecule has 0 aliphatic heterocycles. The van der Waals surface area contributed by atoms with Crippen LogP contribution in [0.1, 0.15) is 16.7 Å². The van der Waals surface area contributed by atoms with Crippen molar-refractivity contribution in [2.45, 2.75) is 99.3 Å². The molecule has 0 amide bonds. The summed E-state index contributed by atoms with van der Waals surface area (Å²) in [7, 11) is -10.3. The molecular weight excluding hydrogens is 1160 g/mol. The van der Waals surface area contributed by atoms with Gasteiger partial charge in [-0.25, -0.2) is 0 Å². The van der Waals surface area contributed by atoms with Gasteiger partial charge in [0.05, 0.1) is 0 Å². The smallest absolute Gasteiger partial charge is 0.660 e. The van der Waals surface area contributed by atoms with Crippen LogP contribution in [0.2, 0.25) is 78.6 Å². The summed E-state index contributed by atoms with van der Waals surface area (Å²) >= 11 is 0. The maximum absolute atomic E-state index is 5.36. The molecule has 12 heteroatoms. The molecule has 9 aromatic rings. The zero-order valence-corrected chi connectivity index (χ0v) is 68.2. The first-order valence-corrected chi connectivity index (χ1v) is 45.2. The second kappa shape index (κ2) is 39.8. The van der Waals surface area contributed by atoms with Crippen LogP contribution >= 0.6 is 0 Å². The van der Waals surface area contributed by atoms with Crippen LogP contribution in [0, 0.1) is 20.8 Å². The fraction of sp³-hybridized carbons (Fsp3) is 0.217. The minimum atomic E-state index is -1.71. The molecule has 0 heterocycles. The van der Waals surface area contributed by atoms with E-state index in [4.69, 9.17) is 13.9 Å². The Labute approximate surface area is 627 Å². The average molecular weight is 1250 g/mol. The van der Waals surface area contributed by atoms with Gasteiger partial charge in [-0.05, 0) is 70.2 Å². The van der Waals surface area contributed by atoms with Gasteiger partial charge < -0.3 is 13.9 Å². The van der Waals surface area contributed by atoms with E-state index < -0.39 is 49.4 Å². The topological polar surface area (TPSA) is 42.3 Å². The van der Waals surface area contributed by atoms with Crippen LogP contribution in [0.15, 0.2) is 273 Å². The molecule has 0 spiro atoms. The fourth-order valence-corrected chi connectivity index (χ4v) is 35.1. The summed E-state index contributed by atoms with van der Waals surface area (Å²) in [5.74, 6) is 0. The largest absolute Gasteiger partial charge is 1.00 e. The Bertz CT molecular complexity index is 2510. The normalized spacial score (nSPS) is 11.0. The SMILES string of the molecule is C[Si](C)([N-][Si](C)(C)c1ccccc1)c1ccccc1.C[Si](C)([N-][Si](C)(C)c1ccccc1)c1ccccc1.C[Si](C)([N-][Si](C)(C)c1ccccc1)c1ccccc1.Cc1ccccc1.Cc1ccccc1.Cc1ccccc1.[K+].[K+].[K+]. The van der Waals surface area contributed by atoms with E-state index in [0.717, 1.165) is 0 Å². The van der Waals surface area contributed by atoms with Gasteiger partial charge in [-0.15, -0.1) is 0 Å². The standard InChI is InChI=1S/3C16H22NSi2.3C7H8.3K/c3*1-18(2,15-11-7-5-8-12-15)17-19(3,4)16-13-9-6-10-14-16;3*1-7-5-3-2-4-6-7;;;/h3*5-14H,1-4H3;3*2-6H,1H3;;;/q3*-1;;;;3*+1. The number of rotatable bonds is 12. The molecule has 0 aliphatic carbocycles. The van der Waals surface area contributed by atoms with Gasteiger partial charge in [-0.2, -0.15) is 0 Å². The predicted molar refractivity (Wildman–Crippen MR) is 365 cm³/mol. The average Bonchev–Trinajstić information content (AvgIpc) is 3.44. The van der Waals surface area contributed by atoms with Crippen molar-refractivity contribution in [1.29, 1.82) is 0 Å². The zero-order valence-electron chi connectivity index (χ0n) is 52.8. The second-order valence-corrected chi connectivity index (χ2v) is 47.7.